The molecule has 5 aliphatic rings. The Labute approximate surface area is 380 Å². The largest absolute Gasteiger partial charge is 0.481 e. The first-order valence-corrected chi connectivity index (χ1v) is 21.1. The second kappa shape index (κ2) is 19.9. The van der Waals surface area contributed by atoms with E-state index in [-0.39, 0.29) is 37.5 Å². The SMILES string of the molecule is C1=C/C(=C/C2=NC(=C\C3=NC(=C\c4ccc[nH]4)/C=C3)/C=C2)N=C1.C=CC1=C(C)C(C=c2[nH]/c(=C\c3[nH]c(/C=C4\NC(=O)C(C)=C4C=C)c(C)c3CCC(=O)O)c(CCC(=O)O)c2C)=NC1=O. The van der Waals surface area contributed by atoms with Gasteiger partial charge in [-0.1, -0.05) is 25.3 Å². The molecule has 6 N–H and O–H groups in total. The number of carboxylic acid groups (broad SMARTS) is 2. The molecular formula is C52H48N8O6. The standard InChI is InChI=1S/C33H34N4O6.C19H14N4/c1-7-20-19(6)32(42)37-27(20)14-25-18(5)23(10-12-31(40)41)29(35-25)15-28-22(9-11-30(38)39)17(4)24(34-28)13-26-16(3)21(8-2)33(43)36-26;1-3-14(20-9-1)11-16-5-7-18(22-16)13-19-8-6-17(23-19)12-15-4-2-10-21-15/h7-8,13-15,34-35H,1-2,9-12H2,3-6H3,(H,37,42)(H,38,39)(H,40,41);1-13,20H/b24-13?,27-14-,28-15-;15-12-,16-11-,19-13-. The number of rotatable bonds is 14. The van der Waals surface area contributed by atoms with Gasteiger partial charge in [-0.3, -0.25) is 24.2 Å². The number of hydrogen-bond donors (Lipinski definition) is 6. The van der Waals surface area contributed by atoms with Gasteiger partial charge in [-0.15, -0.1) is 0 Å². The van der Waals surface area contributed by atoms with E-state index >= 15 is 0 Å². The van der Waals surface area contributed by atoms with Gasteiger partial charge in [0.05, 0.1) is 39.9 Å². The van der Waals surface area contributed by atoms with Gasteiger partial charge in [-0.25, -0.2) is 15.0 Å². The van der Waals surface area contributed by atoms with Crippen LogP contribution in [0.4, 0.5) is 0 Å². The molecule has 0 unspecified atom stereocenters. The van der Waals surface area contributed by atoms with E-state index in [1.54, 1.807) is 38.3 Å². The van der Waals surface area contributed by atoms with Gasteiger partial charge in [0.25, 0.3) is 11.8 Å². The molecule has 66 heavy (non-hydrogen) atoms. The van der Waals surface area contributed by atoms with Crippen LogP contribution < -0.4 is 16.0 Å². The molecule has 14 heteroatoms. The number of hydrogen-bond acceptors (Lipinski definition) is 7. The monoisotopic (exact) mass is 880 g/mol. The van der Waals surface area contributed by atoms with Crippen LogP contribution in [0.3, 0.4) is 0 Å². The van der Waals surface area contributed by atoms with Gasteiger partial charge in [0.1, 0.15) is 0 Å². The molecule has 0 atom stereocenters. The molecule has 3 aromatic heterocycles. The van der Waals surface area contributed by atoms with Crippen molar-refractivity contribution in [2.24, 2.45) is 20.0 Å². The van der Waals surface area contributed by atoms with E-state index in [0.717, 1.165) is 56.5 Å². The summed E-state index contributed by atoms with van der Waals surface area (Å²) in [4.78, 5) is 74.9. The Morgan fingerprint density at radius 3 is 1.95 bits per heavy atom. The number of nitrogens with zero attached hydrogens (tertiary/aromatic N) is 4. The normalized spacial score (nSPS) is 19.3. The number of carboxylic acids is 2. The minimum atomic E-state index is -0.941. The van der Waals surface area contributed by atoms with E-state index in [1.807, 2.05) is 92.9 Å². The first kappa shape index (κ1) is 45.5. The van der Waals surface area contributed by atoms with Gasteiger partial charge < -0.3 is 30.5 Å². The number of allylic oxidation sites excluding steroid dienone is 10. The summed E-state index contributed by atoms with van der Waals surface area (Å²) in [6.45, 7) is 14.8. The molecule has 5 aliphatic heterocycles. The van der Waals surface area contributed by atoms with Crippen molar-refractivity contribution < 1.29 is 29.4 Å². The summed E-state index contributed by atoms with van der Waals surface area (Å²) in [6, 6.07) is 3.98. The molecule has 3 aromatic rings. The Bertz CT molecular complexity index is 3140. The zero-order valence-electron chi connectivity index (χ0n) is 37.0. The highest BCUT2D eigenvalue weighted by atomic mass is 16.4. The third-order valence-electron chi connectivity index (χ3n) is 11.3. The van der Waals surface area contributed by atoms with Crippen molar-refractivity contribution in [2.75, 3.05) is 0 Å². The van der Waals surface area contributed by atoms with Crippen LogP contribution in [0.15, 0.2) is 157 Å². The summed E-state index contributed by atoms with van der Waals surface area (Å²) >= 11 is 0. The van der Waals surface area contributed by atoms with Gasteiger partial charge in [-0.05, 0) is 153 Å². The third kappa shape index (κ3) is 10.5. The van der Waals surface area contributed by atoms with Gasteiger partial charge in [0, 0.05) is 69.8 Å². The van der Waals surface area contributed by atoms with Crippen molar-refractivity contribution in [1.29, 1.82) is 0 Å². The molecule has 0 aromatic carbocycles. The average molecular weight is 881 g/mol. The van der Waals surface area contributed by atoms with Crippen LogP contribution >= 0.6 is 0 Å². The van der Waals surface area contributed by atoms with Crippen LogP contribution in [-0.2, 0) is 32.0 Å². The number of carbonyl (C=O) groups is 4. The van der Waals surface area contributed by atoms with E-state index in [1.165, 1.54) is 6.08 Å². The Balaban J connectivity index is 0.000000234. The number of aliphatic imine (C=N–C) groups is 4. The van der Waals surface area contributed by atoms with Crippen LogP contribution in [0.1, 0.15) is 66.0 Å². The number of aromatic amines is 3. The topological polar surface area (TPSA) is 218 Å². The number of aromatic nitrogens is 3. The van der Waals surface area contributed by atoms with Crippen molar-refractivity contribution in [3.63, 3.8) is 0 Å². The van der Waals surface area contributed by atoms with Gasteiger partial charge in [0.2, 0.25) is 0 Å². The highest BCUT2D eigenvalue weighted by Crippen LogP contribution is 2.28. The molecule has 8 rings (SSSR count). The predicted octanol–water partition coefficient (Wildman–Crippen LogP) is 6.85. The third-order valence-corrected chi connectivity index (χ3v) is 11.3. The summed E-state index contributed by atoms with van der Waals surface area (Å²) < 4.78 is 0. The quantitative estimate of drug-likeness (QED) is 0.102. The molecule has 0 spiro atoms. The van der Waals surface area contributed by atoms with Crippen molar-refractivity contribution in [3.8, 4) is 0 Å². The first-order valence-electron chi connectivity index (χ1n) is 21.1. The molecule has 0 radical (unpaired) electrons. The van der Waals surface area contributed by atoms with Gasteiger partial charge >= 0.3 is 11.9 Å². The van der Waals surface area contributed by atoms with Crippen molar-refractivity contribution >= 4 is 71.4 Å². The fourth-order valence-electron chi connectivity index (χ4n) is 7.75. The summed E-state index contributed by atoms with van der Waals surface area (Å²) in [5.41, 5.74) is 13.6. The molecule has 0 saturated carbocycles. The van der Waals surface area contributed by atoms with Crippen LogP contribution in [0.25, 0.3) is 24.3 Å². The lowest BCUT2D eigenvalue weighted by Gasteiger charge is -2.02. The van der Waals surface area contributed by atoms with Crippen LogP contribution in [0.2, 0.25) is 0 Å². The number of carbonyl (C=O) groups excluding carboxylic acids is 2. The molecule has 2 amide bonds. The fraction of sp³-hybridized carbons (Fsp3) is 0.154. The van der Waals surface area contributed by atoms with E-state index in [2.05, 4.69) is 53.4 Å². The smallest absolute Gasteiger partial charge is 0.303 e. The van der Waals surface area contributed by atoms with Gasteiger partial charge in [-0.2, -0.15) is 0 Å². The average Bonchev–Trinajstić information content (AvgIpc) is 4.16. The Kier molecular flexibility index (Phi) is 13.7. The molecule has 0 aliphatic carbocycles. The molecule has 14 nitrogen and oxygen atoms in total. The predicted molar refractivity (Wildman–Crippen MR) is 260 cm³/mol. The van der Waals surface area contributed by atoms with E-state index in [4.69, 9.17) is 0 Å². The zero-order valence-corrected chi connectivity index (χ0v) is 37.0. The van der Waals surface area contributed by atoms with Crippen LogP contribution in [0.5, 0.6) is 0 Å². The van der Waals surface area contributed by atoms with Gasteiger partial charge in [0.15, 0.2) is 0 Å². The molecule has 8 heterocycles. The number of aliphatic carboxylic acids is 2. The second-order valence-corrected chi connectivity index (χ2v) is 15.7. The highest BCUT2D eigenvalue weighted by molar-refractivity contribution is 6.31. The highest BCUT2D eigenvalue weighted by Gasteiger charge is 2.24. The second-order valence-electron chi connectivity index (χ2n) is 15.7. The summed E-state index contributed by atoms with van der Waals surface area (Å²) in [7, 11) is 0. The Morgan fingerprint density at radius 2 is 1.35 bits per heavy atom. The lowest BCUT2D eigenvalue weighted by Crippen LogP contribution is -2.15. The van der Waals surface area contributed by atoms with E-state index in [9.17, 15) is 29.4 Å². The van der Waals surface area contributed by atoms with E-state index in [0.29, 0.717) is 55.8 Å². The number of nitrogens with one attached hydrogen (secondary N) is 4. The van der Waals surface area contributed by atoms with Crippen molar-refractivity contribution in [3.05, 3.63) is 187 Å². The molecule has 0 fully saturated rings. The number of H-pyrrole nitrogens is 3. The lowest BCUT2D eigenvalue weighted by molar-refractivity contribution is -0.138. The minimum absolute atomic E-state index is 0.0943. The number of amides is 2. The Hall–Kier alpha value is -8.52. The maximum Gasteiger partial charge on any atom is 0.303 e. The molecule has 0 bridgehead atoms. The van der Waals surface area contributed by atoms with E-state index < -0.39 is 11.9 Å². The Morgan fingerprint density at radius 1 is 0.682 bits per heavy atom. The maximum absolute atomic E-state index is 12.3. The van der Waals surface area contributed by atoms with Crippen LogP contribution in [-0.4, -0.2) is 72.3 Å². The molecular weight excluding hydrogens is 833 g/mol. The summed E-state index contributed by atoms with van der Waals surface area (Å²) in [5.74, 6) is -2.46. The minimum Gasteiger partial charge on any atom is -0.481 e. The van der Waals surface area contributed by atoms with Crippen LogP contribution in [0, 0.1) is 13.8 Å². The molecule has 332 valence electrons. The molecule has 0 saturated heterocycles. The maximum atomic E-state index is 12.3. The van der Waals surface area contributed by atoms with Crippen molar-refractivity contribution in [2.45, 2.75) is 53.4 Å². The first-order chi connectivity index (χ1) is 31.7. The van der Waals surface area contributed by atoms with Crippen molar-refractivity contribution in [1.82, 2.24) is 20.3 Å². The lowest BCUT2D eigenvalue weighted by atomic mass is 10.0. The summed E-state index contributed by atoms with van der Waals surface area (Å²) in [5, 5.41) is 23.0. The fourth-order valence-corrected chi connectivity index (χ4v) is 7.75. The summed E-state index contributed by atoms with van der Waals surface area (Å²) in [6.07, 6.45) is 30.2. The zero-order chi connectivity index (χ0) is 47.1.